The Bertz CT molecular complexity index is 765. The number of hydrogen-bond acceptors (Lipinski definition) is 4. The average molecular weight is 364 g/mol. The number of benzene rings is 1. The first-order valence-electron chi connectivity index (χ1n) is 7.91. The van der Waals surface area contributed by atoms with Crippen molar-refractivity contribution in [3.63, 3.8) is 0 Å². The maximum absolute atomic E-state index is 12.5. The van der Waals surface area contributed by atoms with Crippen LogP contribution in [0, 0.1) is 0 Å². The molecule has 5 nitrogen and oxygen atoms in total. The second kappa shape index (κ2) is 7.46. The third kappa shape index (κ3) is 4.23. The van der Waals surface area contributed by atoms with E-state index in [1.165, 1.54) is 15.6 Å². The van der Waals surface area contributed by atoms with E-state index in [4.69, 9.17) is 0 Å². The number of nitrogens with zero attached hydrogens (tertiary/aromatic N) is 1. The summed E-state index contributed by atoms with van der Waals surface area (Å²) >= 11 is 1.41. The number of rotatable bonds is 5. The van der Waals surface area contributed by atoms with Gasteiger partial charge in [0.15, 0.2) is 0 Å². The van der Waals surface area contributed by atoms with Gasteiger partial charge >= 0.3 is 0 Å². The SMILES string of the molecule is O=C(NC1CCN(S(=O)(=O)Cc2ccccc2)CC1)c1cccs1. The van der Waals surface area contributed by atoms with Crippen LogP contribution in [0.15, 0.2) is 47.8 Å². The standard InChI is InChI=1S/C17H20N2O3S2/c20-17(16-7-4-12-23-16)18-15-8-10-19(11-9-15)24(21,22)13-14-5-2-1-3-6-14/h1-7,12,15H,8-11,13H2,(H,18,20). The molecule has 1 saturated heterocycles. The summed E-state index contributed by atoms with van der Waals surface area (Å²) < 4.78 is 26.6. The lowest BCUT2D eigenvalue weighted by atomic mass is 10.1. The van der Waals surface area contributed by atoms with E-state index in [2.05, 4.69) is 5.32 Å². The van der Waals surface area contributed by atoms with E-state index in [9.17, 15) is 13.2 Å². The number of amides is 1. The van der Waals surface area contributed by atoms with Crippen molar-refractivity contribution in [2.24, 2.45) is 0 Å². The summed E-state index contributed by atoms with van der Waals surface area (Å²) in [6.07, 6.45) is 1.29. The molecule has 7 heteroatoms. The zero-order chi connectivity index (χ0) is 17.0. The maximum atomic E-state index is 12.5. The molecule has 2 aromatic rings. The highest BCUT2D eigenvalue weighted by molar-refractivity contribution is 7.88. The van der Waals surface area contributed by atoms with Crippen LogP contribution in [-0.4, -0.2) is 37.8 Å². The van der Waals surface area contributed by atoms with Gasteiger partial charge < -0.3 is 5.32 Å². The number of carbonyl (C=O) groups is 1. The Morgan fingerprint density at radius 3 is 2.46 bits per heavy atom. The predicted octanol–water partition coefficient (Wildman–Crippen LogP) is 2.47. The Balaban J connectivity index is 1.53. The Morgan fingerprint density at radius 1 is 1.12 bits per heavy atom. The van der Waals surface area contributed by atoms with Crippen LogP contribution in [0.2, 0.25) is 0 Å². The molecule has 0 unspecified atom stereocenters. The molecular formula is C17H20N2O3S2. The van der Waals surface area contributed by atoms with Crippen molar-refractivity contribution in [2.45, 2.75) is 24.6 Å². The van der Waals surface area contributed by atoms with Crippen LogP contribution in [0.3, 0.4) is 0 Å². The van der Waals surface area contributed by atoms with Crippen LogP contribution >= 0.6 is 11.3 Å². The van der Waals surface area contributed by atoms with Gasteiger partial charge in [0.1, 0.15) is 0 Å². The summed E-state index contributed by atoms with van der Waals surface area (Å²) in [5.41, 5.74) is 0.797. The molecule has 128 valence electrons. The molecule has 24 heavy (non-hydrogen) atoms. The van der Waals surface area contributed by atoms with Crippen molar-refractivity contribution in [1.82, 2.24) is 9.62 Å². The first-order chi connectivity index (χ1) is 11.5. The number of thiophene rings is 1. The van der Waals surface area contributed by atoms with E-state index in [1.807, 2.05) is 41.8 Å². The van der Waals surface area contributed by atoms with Gasteiger partial charge in [-0.05, 0) is 29.9 Å². The van der Waals surface area contributed by atoms with Gasteiger partial charge in [-0.15, -0.1) is 11.3 Å². The van der Waals surface area contributed by atoms with Crippen molar-refractivity contribution in [1.29, 1.82) is 0 Å². The molecule has 1 fully saturated rings. The molecule has 1 aliphatic rings. The summed E-state index contributed by atoms with van der Waals surface area (Å²) in [5.74, 6) is -0.0457. The molecule has 0 saturated carbocycles. The highest BCUT2D eigenvalue weighted by Gasteiger charge is 2.28. The van der Waals surface area contributed by atoms with Crippen molar-refractivity contribution in [3.05, 3.63) is 58.3 Å². The minimum Gasteiger partial charge on any atom is -0.349 e. The van der Waals surface area contributed by atoms with Gasteiger partial charge in [-0.25, -0.2) is 12.7 Å². The van der Waals surface area contributed by atoms with Crippen LogP contribution in [0.5, 0.6) is 0 Å². The van der Waals surface area contributed by atoms with E-state index in [0.29, 0.717) is 30.8 Å². The first-order valence-corrected chi connectivity index (χ1v) is 10.4. The first kappa shape index (κ1) is 17.1. The van der Waals surface area contributed by atoms with Crippen LogP contribution in [0.1, 0.15) is 28.1 Å². The molecular weight excluding hydrogens is 344 g/mol. The Labute approximate surface area is 146 Å². The lowest BCUT2D eigenvalue weighted by molar-refractivity contribution is 0.0928. The smallest absolute Gasteiger partial charge is 0.261 e. The van der Waals surface area contributed by atoms with Crippen molar-refractivity contribution >= 4 is 27.3 Å². The molecule has 1 N–H and O–H groups in total. The summed E-state index contributed by atoms with van der Waals surface area (Å²) in [5, 5.41) is 4.86. The molecule has 1 amide bonds. The van der Waals surface area contributed by atoms with Gasteiger partial charge in [0.05, 0.1) is 10.6 Å². The molecule has 3 rings (SSSR count). The van der Waals surface area contributed by atoms with Crippen LogP contribution < -0.4 is 5.32 Å². The highest BCUT2D eigenvalue weighted by atomic mass is 32.2. The molecule has 1 aromatic carbocycles. The quantitative estimate of drug-likeness (QED) is 0.886. The van der Waals surface area contributed by atoms with Gasteiger partial charge in [0.25, 0.3) is 5.91 Å². The van der Waals surface area contributed by atoms with Crippen molar-refractivity contribution in [3.8, 4) is 0 Å². The Kier molecular flexibility index (Phi) is 5.33. The Hall–Kier alpha value is -1.70. The van der Waals surface area contributed by atoms with Gasteiger partial charge in [0.2, 0.25) is 10.0 Å². The molecule has 0 spiro atoms. The van der Waals surface area contributed by atoms with Gasteiger partial charge in [0, 0.05) is 19.1 Å². The number of hydrogen-bond donors (Lipinski definition) is 1. The normalized spacial score (nSPS) is 16.8. The number of nitrogens with one attached hydrogen (secondary N) is 1. The maximum Gasteiger partial charge on any atom is 0.261 e. The predicted molar refractivity (Wildman–Crippen MR) is 95.4 cm³/mol. The topological polar surface area (TPSA) is 66.5 Å². The van der Waals surface area contributed by atoms with Gasteiger partial charge in [-0.1, -0.05) is 36.4 Å². The van der Waals surface area contributed by atoms with E-state index in [-0.39, 0.29) is 17.7 Å². The zero-order valence-corrected chi connectivity index (χ0v) is 14.9. The fourth-order valence-electron chi connectivity index (χ4n) is 2.82. The average Bonchev–Trinajstić information content (AvgIpc) is 3.10. The zero-order valence-electron chi connectivity index (χ0n) is 13.2. The third-order valence-corrected chi connectivity index (χ3v) is 6.84. The molecule has 0 bridgehead atoms. The highest BCUT2D eigenvalue weighted by Crippen LogP contribution is 2.18. The van der Waals surface area contributed by atoms with E-state index >= 15 is 0 Å². The molecule has 0 atom stereocenters. The van der Waals surface area contributed by atoms with Crippen LogP contribution in [0.25, 0.3) is 0 Å². The van der Waals surface area contributed by atoms with Gasteiger partial charge in [-0.3, -0.25) is 4.79 Å². The lowest BCUT2D eigenvalue weighted by Crippen LogP contribution is -2.46. The summed E-state index contributed by atoms with van der Waals surface area (Å²) in [7, 11) is -3.31. The summed E-state index contributed by atoms with van der Waals surface area (Å²) in [6, 6.07) is 12.9. The molecule has 2 heterocycles. The Morgan fingerprint density at radius 2 is 1.83 bits per heavy atom. The second-order valence-electron chi connectivity index (χ2n) is 5.87. The summed E-state index contributed by atoms with van der Waals surface area (Å²) in [4.78, 5) is 12.8. The number of carbonyl (C=O) groups excluding carboxylic acids is 1. The van der Waals surface area contributed by atoms with E-state index in [0.717, 1.165) is 5.56 Å². The molecule has 0 aliphatic carbocycles. The third-order valence-electron chi connectivity index (χ3n) is 4.12. The number of sulfonamides is 1. The van der Waals surface area contributed by atoms with Crippen molar-refractivity contribution in [2.75, 3.05) is 13.1 Å². The monoisotopic (exact) mass is 364 g/mol. The van der Waals surface area contributed by atoms with Gasteiger partial charge in [-0.2, -0.15) is 0 Å². The number of piperidine rings is 1. The second-order valence-corrected chi connectivity index (χ2v) is 8.78. The summed E-state index contributed by atoms with van der Waals surface area (Å²) in [6.45, 7) is 0.898. The van der Waals surface area contributed by atoms with Crippen LogP contribution in [-0.2, 0) is 15.8 Å². The van der Waals surface area contributed by atoms with Crippen molar-refractivity contribution < 1.29 is 13.2 Å². The largest absolute Gasteiger partial charge is 0.349 e. The lowest BCUT2D eigenvalue weighted by Gasteiger charge is -2.31. The molecule has 1 aliphatic heterocycles. The fraction of sp³-hybridized carbons (Fsp3) is 0.353. The molecule has 0 radical (unpaired) electrons. The minimum atomic E-state index is -3.31. The molecule has 1 aromatic heterocycles. The van der Waals surface area contributed by atoms with Crippen LogP contribution in [0.4, 0.5) is 0 Å². The fourth-order valence-corrected chi connectivity index (χ4v) is 5.01. The van der Waals surface area contributed by atoms with E-state index in [1.54, 1.807) is 6.07 Å². The van der Waals surface area contributed by atoms with E-state index < -0.39 is 10.0 Å². The minimum absolute atomic E-state index is 0.0278.